The van der Waals surface area contributed by atoms with Crippen molar-refractivity contribution in [3.05, 3.63) is 40.7 Å². The number of benzene rings is 1. The van der Waals surface area contributed by atoms with E-state index in [1.54, 1.807) is 12.1 Å². The highest BCUT2D eigenvalue weighted by molar-refractivity contribution is 7.18. The number of anilines is 1. The van der Waals surface area contributed by atoms with Crippen LogP contribution in [0.4, 0.5) is 18.9 Å². The Bertz CT molecular complexity index is 921. The summed E-state index contributed by atoms with van der Waals surface area (Å²) in [5.41, 5.74) is 1.60. The average molecular weight is 369 g/mol. The summed E-state index contributed by atoms with van der Waals surface area (Å²) in [7, 11) is 0. The second kappa shape index (κ2) is 5.80. The third-order valence-electron chi connectivity index (χ3n) is 3.45. The molecule has 6 nitrogen and oxygen atoms in total. The zero-order valence-corrected chi connectivity index (χ0v) is 14.4. The van der Waals surface area contributed by atoms with Crippen LogP contribution in [-0.2, 0) is 11.6 Å². The molecule has 0 atom stereocenters. The van der Waals surface area contributed by atoms with Gasteiger partial charge in [0, 0.05) is 5.69 Å². The molecule has 0 radical (unpaired) electrons. The van der Waals surface area contributed by atoms with Crippen LogP contribution in [0.5, 0.6) is 0 Å². The molecule has 0 aliphatic rings. The molecule has 2 aromatic heterocycles. The lowest BCUT2D eigenvalue weighted by molar-refractivity contribution is -0.146. The van der Waals surface area contributed by atoms with Gasteiger partial charge in [0.25, 0.3) is 11.7 Å². The molecule has 3 rings (SSSR count). The van der Waals surface area contributed by atoms with Crippen LogP contribution in [0.2, 0.25) is 0 Å². The molecule has 1 N–H and O–H groups in total. The molecule has 0 spiro atoms. The van der Waals surface area contributed by atoms with E-state index < -0.39 is 17.9 Å². The summed E-state index contributed by atoms with van der Waals surface area (Å²) in [6.45, 7) is 6.20. The molecule has 2 heterocycles. The van der Waals surface area contributed by atoms with Crippen LogP contribution in [0, 0.1) is 0 Å². The predicted octanol–water partition coefficient (Wildman–Crippen LogP) is 3.75. The Labute approximate surface area is 144 Å². The van der Waals surface area contributed by atoms with Crippen molar-refractivity contribution in [2.75, 3.05) is 5.32 Å². The number of amides is 1. The Balaban J connectivity index is 1.82. The Morgan fingerprint density at radius 3 is 2.32 bits per heavy atom. The van der Waals surface area contributed by atoms with E-state index >= 15 is 0 Å². The SMILES string of the molecule is CC(C)(C)c1ccc(NC(=O)c2nn3c(C(F)(F)F)nnc3s2)cc1. The summed E-state index contributed by atoms with van der Waals surface area (Å²) in [4.78, 5) is 12.1. The summed E-state index contributed by atoms with van der Waals surface area (Å²) < 4.78 is 38.9. The lowest BCUT2D eigenvalue weighted by Gasteiger charge is -2.19. The van der Waals surface area contributed by atoms with E-state index in [1.165, 1.54) is 0 Å². The number of nitrogens with one attached hydrogen (secondary N) is 1. The summed E-state index contributed by atoms with van der Waals surface area (Å²) >= 11 is 0.735. The first-order chi connectivity index (χ1) is 11.6. The monoisotopic (exact) mass is 369 g/mol. The molecule has 10 heteroatoms. The van der Waals surface area contributed by atoms with Gasteiger partial charge in [0.1, 0.15) is 0 Å². The summed E-state index contributed by atoms with van der Waals surface area (Å²) in [6, 6.07) is 7.24. The normalized spacial score (nSPS) is 12.6. The number of alkyl halides is 3. The van der Waals surface area contributed by atoms with Crippen molar-refractivity contribution in [3.63, 3.8) is 0 Å². The molecular weight excluding hydrogens is 355 g/mol. The number of carbonyl (C=O) groups is 1. The number of halogens is 3. The molecular formula is C15H14F3N5OS. The van der Waals surface area contributed by atoms with Crippen LogP contribution in [0.15, 0.2) is 24.3 Å². The fraction of sp³-hybridized carbons (Fsp3) is 0.333. The van der Waals surface area contributed by atoms with Crippen molar-refractivity contribution in [3.8, 4) is 0 Å². The number of carbonyl (C=O) groups excluding carboxylic acids is 1. The summed E-state index contributed by atoms with van der Waals surface area (Å²) in [5, 5.41) is 12.6. The van der Waals surface area contributed by atoms with Gasteiger partial charge in [-0.25, -0.2) is 0 Å². The van der Waals surface area contributed by atoms with Crippen LogP contribution in [0.1, 0.15) is 42.0 Å². The molecule has 0 aliphatic heterocycles. The van der Waals surface area contributed by atoms with Gasteiger partial charge in [-0.15, -0.1) is 15.3 Å². The van der Waals surface area contributed by atoms with Crippen molar-refractivity contribution >= 4 is 27.9 Å². The van der Waals surface area contributed by atoms with E-state index in [1.807, 2.05) is 12.1 Å². The fourth-order valence-electron chi connectivity index (χ4n) is 2.12. The minimum atomic E-state index is -4.69. The van der Waals surface area contributed by atoms with Gasteiger partial charge in [-0.2, -0.15) is 17.7 Å². The minimum Gasteiger partial charge on any atom is -0.320 e. The predicted molar refractivity (Wildman–Crippen MR) is 86.8 cm³/mol. The van der Waals surface area contributed by atoms with E-state index in [4.69, 9.17) is 0 Å². The number of hydrogen-bond acceptors (Lipinski definition) is 5. The van der Waals surface area contributed by atoms with E-state index in [0.717, 1.165) is 16.9 Å². The first kappa shape index (κ1) is 17.3. The van der Waals surface area contributed by atoms with Crippen LogP contribution in [0.3, 0.4) is 0 Å². The highest BCUT2D eigenvalue weighted by atomic mass is 32.1. The lowest BCUT2D eigenvalue weighted by atomic mass is 9.87. The van der Waals surface area contributed by atoms with Gasteiger partial charge in [0.05, 0.1) is 0 Å². The van der Waals surface area contributed by atoms with Crippen molar-refractivity contribution in [1.29, 1.82) is 0 Å². The molecule has 0 fully saturated rings. The zero-order chi connectivity index (χ0) is 18.4. The molecule has 0 unspecified atom stereocenters. The van der Waals surface area contributed by atoms with Crippen LogP contribution >= 0.6 is 11.3 Å². The van der Waals surface area contributed by atoms with Crippen molar-refractivity contribution in [2.24, 2.45) is 0 Å². The van der Waals surface area contributed by atoms with Crippen molar-refractivity contribution < 1.29 is 18.0 Å². The van der Waals surface area contributed by atoms with Crippen LogP contribution in [0.25, 0.3) is 4.96 Å². The first-order valence-corrected chi connectivity index (χ1v) is 8.09. The second-order valence-corrected chi connectivity index (χ2v) is 7.36. The maximum atomic E-state index is 12.8. The van der Waals surface area contributed by atoms with E-state index in [-0.39, 0.29) is 15.4 Å². The van der Waals surface area contributed by atoms with Gasteiger partial charge in [-0.05, 0) is 23.1 Å². The molecule has 1 aromatic carbocycles. The number of fused-ring (bicyclic) bond motifs is 1. The van der Waals surface area contributed by atoms with E-state index in [2.05, 4.69) is 41.4 Å². The largest absolute Gasteiger partial charge is 0.453 e. The molecule has 0 aliphatic carbocycles. The molecule has 0 saturated heterocycles. The fourth-order valence-corrected chi connectivity index (χ4v) is 2.86. The molecule has 25 heavy (non-hydrogen) atoms. The van der Waals surface area contributed by atoms with Crippen LogP contribution in [-0.4, -0.2) is 25.7 Å². The Morgan fingerprint density at radius 1 is 1.12 bits per heavy atom. The quantitative estimate of drug-likeness (QED) is 0.747. The van der Waals surface area contributed by atoms with Gasteiger partial charge in [-0.3, -0.25) is 4.79 Å². The number of aromatic nitrogens is 4. The lowest BCUT2D eigenvalue weighted by Crippen LogP contribution is -2.15. The summed E-state index contributed by atoms with van der Waals surface area (Å²) in [6.07, 6.45) is -4.69. The second-order valence-electron chi connectivity index (χ2n) is 6.40. The number of rotatable bonds is 2. The van der Waals surface area contributed by atoms with Gasteiger partial charge in [0.15, 0.2) is 0 Å². The average Bonchev–Trinajstić information content (AvgIpc) is 3.05. The van der Waals surface area contributed by atoms with Gasteiger partial charge < -0.3 is 5.32 Å². The smallest absolute Gasteiger partial charge is 0.320 e. The van der Waals surface area contributed by atoms with Crippen molar-refractivity contribution in [1.82, 2.24) is 19.8 Å². The molecule has 3 aromatic rings. The minimum absolute atomic E-state index is 0.0237. The Hall–Kier alpha value is -2.49. The first-order valence-electron chi connectivity index (χ1n) is 7.27. The zero-order valence-electron chi connectivity index (χ0n) is 13.5. The van der Waals surface area contributed by atoms with Gasteiger partial charge >= 0.3 is 6.18 Å². The van der Waals surface area contributed by atoms with Crippen molar-refractivity contribution in [2.45, 2.75) is 32.4 Å². The van der Waals surface area contributed by atoms with E-state index in [0.29, 0.717) is 10.2 Å². The molecule has 1 amide bonds. The highest BCUT2D eigenvalue weighted by Crippen LogP contribution is 2.29. The van der Waals surface area contributed by atoms with Crippen LogP contribution < -0.4 is 5.32 Å². The topological polar surface area (TPSA) is 72.2 Å². The Kier molecular flexibility index (Phi) is 4.02. The molecule has 132 valence electrons. The van der Waals surface area contributed by atoms with E-state index in [9.17, 15) is 18.0 Å². The molecule has 0 bridgehead atoms. The number of hydrogen-bond donors (Lipinski definition) is 1. The third-order valence-corrected chi connectivity index (χ3v) is 4.35. The number of nitrogens with zero attached hydrogens (tertiary/aromatic N) is 4. The third kappa shape index (κ3) is 3.48. The highest BCUT2D eigenvalue weighted by Gasteiger charge is 2.38. The Morgan fingerprint density at radius 2 is 1.76 bits per heavy atom. The molecule has 0 saturated carbocycles. The maximum absolute atomic E-state index is 12.8. The standard InChI is InChI=1S/C15H14F3N5OS/c1-14(2,3)8-4-6-9(7-5-8)19-10(24)11-22-23-12(15(16,17)18)20-21-13(23)25-11/h4-7H,1-3H3,(H,19,24). The summed E-state index contributed by atoms with van der Waals surface area (Å²) in [5.74, 6) is -1.86. The maximum Gasteiger partial charge on any atom is 0.453 e. The van der Waals surface area contributed by atoms with Gasteiger partial charge in [0.2, 0.25) is 9.97 Å². The van der Waals surface area contributed by atoms with Gasteiger partial charge in [-0.1, -0.05) is 44.2 Å².